The number of halogens is 2. The molecule has 0 saturated heterocycles. The van der Waals surface area contributed by atoms with Crippen molar-refractivity contribution in [1.82, 2.24) is 9.30 Å². The summed E-state index contributed by atoms with van der Waals surface area (Å²) in [6, 6.07) is 9.74. The van der Waals surface area contributed by atoms with Gasteiger partial charge in [-0.05, 0) is 30.7 Å². The number of rotatable bonds is 1. The predicted octanol–water partition coefficient (Wildman–Crippen LogP) is 3.00. The second-order valence-corrected chi connectivity index (χ2v) is 5.56. The van der Waals surface area contributed by atoms with E-state index in [0.717, 1.165) is 4.57 Å². The maximum absolute atomic E-state index is 12.4. The molecule has 0 unspecified atom stereocenters. The lowest BCUT2D eigenvalue weighted by Gasteiger charge is -2.15. The first-order valence-corrected chi connectivity index (χ1v) is 7.10. The van der Waals surface area contributed by atoms with Crippen molar-refractivity contribution in [1.29, 1.82) is 0 Å². The van der Waals surface area contributed by atoms with Gasteiger partial charge < -0.3 is 5.21 Å². The molecule has 112 valence electrons. The van der Waals surface area contributed by atoms with E-state index in [9.17, 15) is 14.8 Å². The Balaban J connectivity index is 2.61. The number of hydrogen-bond donors (Lipinski definition) is 1. The van der Waals surface area contributed by atoms with Gasteiger partial charge in [0.25, 0.3) is 5.56 Å². The molecule has 0 radical (unpaired) electrons. The van der Waals surface area contributed by atoms with Crippen molar-refractivity contribution in [3.63, 3.8) is 0 Å². The molecule has 3 rings (SSSR count). The van der Waals surface area contributed by atoms with Crippen LogP contribution < -0.4 is 11.2 Å². The highest BCUT2D eigenvalue weighted by atomic mass is 35.5. The average molecular weight is 337 g/mol. The summed E-state index contributed by atoms with van der Waals surface area (Å²) in [4.78, 5) is 24.4. The fourth-order valence-electron chi connectivity index (χ4n) is 2.31. The molecule has 0 aliphatic heterocycles. The van der Waals surface area contributed by atoms with Gasteiger partial charge in [0.1, 0.15) is 0 Å². The topological polar surface area (TPSA) is 64.2 Å². The van der Waals surface area contributed by atoms with Crippen molar-refractivity contribution in [3.05, 3.63) is 72.8 Å². The fourth-order valence-corrected chi connectivity index (χ4v) is 2.85. The van der Waals surface area contributed by atoms with Crippen molar-refractivity contribution in [2.45, 2.75) is 6.92 Å². The minimum absolute atomic E-state index is 0.0529. The number of hydrogen-bond acceptors (Lipinski definition) is 3. The molecule has 0 spiro atoms. The monoisotopic (exact) mass is 336 g/mol. The Labute approximate surface area is 134 Å². The number of benzene rings is 2. The molecule has 3 aromatic rings. The van der Waals surface area contributed by atoms with E-state index in [1.54, 1.807) is 37.3 Å². The standard InChI is InChI=1S/C15H10Cl2N2O3/c1-8-6-7-10(16)13(12(8)17)18-11-5-3-2-4-9(11)14(20)19(22)15(18)21/h2-7,22H,1H3. The maximum Gasteiger partial charge on any atom is 0.369 e. The molecular weight excluding hydrogens is 327 g/mol. The third kappa shape index (κ3) is 2.01. The smallest absolute Gasteiger partial charge is 0.369 e. The molecule has 22 heavy (non-hydrogen) atoms. The van der Waals surface area contributed by atoms with Crippen molar-refractivity contribution >= 4 is 34.1 Å². The molecule has 0 bridgehead atoms. The highest BCUT2D eigenvalue weighted by Gasteiger charge is 2.18. The summed E-state index contributed by atoms with van der Waals surface area (Å²) in [6.45, 7) is 1.77. The lowest BCUT2D eigenvalue weighted by molar-refractivity contribution is 0.160. The van der Waals surface area contributed by atoms with Crippen molar-refractivity contribution in [3.8, 4) is 5.69 Å². The van der Waals surface area contributed by atoms with Gasteiger partial charge in [-0.15, -0.1) is 0 Å². The molecule has 5 nitrogen and oxygen atoms in total. The molecule has 1 N–H and O–H groups in total. The first kappa shape index (κ1) is 14.7. The van der Waals surface area contributed by atoms with Crippen LogP contribution in [0.2, 0.25) is 10.0 Å². The lowest BCUT2D eigenvalue weighted by atomic mass is 10.2. The highest BCUT2D eigenvalue weighted by molar-refractivity contribution is 6.38. The third-order valence-corrected chi connectivity index (χ3v) is 4.21. The number of nitrogens with zero attached hydrogens (tertiary/aromatic N) is 2. The quantitative estimate of drug-likeness (QED) is 0.694. The maximum atomic E-state index is 12.4. The van der Waals surface area contributed by atoms with Gasteiger partial charge in [0, 0.05) is 0 Å². The molecule has 1 heterocycles. The van der Waals surface area contributed by atoms with Crippen LogP contribution in [-0.2, 0) is 0 Å². The molecule has 2 aromatic carbocycles. The van der Waals surface area contributed by atoms with Crippen LogP contribution in [0.3, 0.4) is 0 Å². The number of fused-ring (bicyclic) bond motifs is 1. The van der Waals surface area contributed by atoms with E-state index in [4.69, 9.17) is 23.2 Å². The SMILES string of the molecule is Cc1ccc(Cl)c(-n2c(=O)n(O)c(=O)c3ccccc32)c1Cl. The van der Waals surface area contributed by atoms with E-state index in [0.29, 0.717) is 11.1 Å². The van der Waals surface area contributed by atoms with Gasteiger partial charge in [-0.1, -0.05) is 46.1 Å². The molecule has 0 saturated carbocycles. The van der Waals surface area contributed by atoms with Gasteiger partial charge in [0.05, 0.1) is 26.6 Å². The number of para-hydroxylation sites is 1. The van der Waals surface area contributed by atoms with Crippen LogP contribution in [0.5, 0.6) is 0 Å². The van der Waals surface area contributed by atoms with Gasteiger partial charge in [0.15, 0.2) is 0 Å². The summed E-state index contributed by atoms with van der Waals surface area (Å²) in [7, 11) is 0. The molecule has 0 aliphatic carbocycles. The van der Waals surface area contributed by atoms with Crippen LogP contribution in [0.1, 0.15) is 5.56 Å². The molecule has 7 heteroatoms. The van der Waals surface area contributed by atoms with E-state index in [2.05, 4.69) is 0 Å². The Morgan fingerprint density at radius 1 is 1.05 bits per heavy atom. The van der Waals surface area contributed by atoms with Crippen molar-refractivity contribution < 1.29 is 5.21 Å². The Kier molecular flexibility index (Phi) is 3.47. The Morgan fingerprint density at radius 3 is 2.45 bits per heavy atom. The predicted molar refractivity (Wildman–Crippen MR) is 85.7 cm³/mol. The minimum atomic E-state index is -0.932. The second-order valence-electron chi connectivity index (χ2n) is 4.78. The van der Waals surface area contributed by atoms with E-state index < -0.39 is 11.2 Å². The average Bonchev–Trinajstić information content (AvgIpc) is 2.52. The normalized spacial score (nSPS) is 11.0. The molecule has 0 fully saturated rings. The Morgan fingerprint density at radius 2 is 1.73 bits per heavy atom. The van der Waals surface area contributed by atoms with Crippen molar-refractivity contribution in [2.75, 3.05) is 0 Å². The summed E-state index contributed by atoms with van der Waals surface area (Å²) in [5.74, 6) is 0. The first-order chi connectivity index (χ1) is 10.4. The van der Waals surface area contributed by atoms with Gasteiger partial charge in [-0.3, -0.25) is 9.36 Å². The fraction of sp³-hybridized carbons (Fsp3) is 0.0667. The summed E-state index contributed by atoms with van der Waals surface area (Å²) < 4.78 is 1.19. The van der Waals surface area contributed by atoms with Gasteiger partial charge in [-0.2, -0.15) is 0 Å². The largest absolute Gasteiger partial charge is 0.421 e. The van der Waals surface area contributed by atoms with Crippen LogP contribution in [0.15, 0.2) is 46.0 Å². The van der Waals surface area contributed by atoms with Crippen LogP contribution in [-0.4, -0.2) is 14.5 Å². The Bertz CT molecular complexity index is 1020. The highest BCUT2D eigenvalue weighted by Crippen LogP contribution is 2.31. The summed E-state index contributed by atoms with van der Waals surface area (Å²) in [6.07, 6.45) is 0. The van der Waals surface area contributed by atoms with E-state index in [1.165, 1.54) is 6.07 Å². The zero-order valence-electron chi connectivity index (χ0n) is 11.4. The van der Waals surface area contributed by atoms with E-state index in [1.807, 2.05) is 0 Å². The summed E-state index contributed by atoms with van der Waals surface area (Å²) in [5, 5.41) is 10.5. The molecule has 1 aromatic heterocycles. The zero-order chi connectivity index (χ0) is 16.0. The molecule has 0 atom stereocenters. The van der Waals surface area contributed by atoms with Gasteiger partial charge in [-0.25, -0.2) is 4.79 Å². The third-order valence-electron chi connectivity index (χ3n) is 3.42. The summed E-state index contributed by atoms with van der Waals surface area (Å²) in [5.41, 5.74) is -0.466. The van der Waals surface area contributed by atoms with Gasteiger partial charge >= 0.3 is 5.69 Å². The molecule has 0 amide bonds. The van der Waals surface area contributed by atoms with E-state index in [-0.39, 0.29) is 25.8 Å². The number of aromatic nitrogens is 2. The van der Waals surface area contributed by atoms with Gasteiger partial charge in [0.2, 0.25) is 0 Å². The van der Waals surface area contributed by atoms with Crippen LogP contribution in [0.4, 0.5) is 0 Å². The second kappa shape index (κ2) is 5.19. The number of aryl methyl sites for hydroxylation is 1. The van der Waals surface area contributed by atoms with Crippen LogP contribution >= 0.6 is 23.2 Å². The van der Waals surface area contributed by atoms with Crippen molar-refractivity contribution in [2.24, 2.45) is 0 Å². The molecular formula is C15H10Cl2N2O3. The van der Waals surface area contributed by atoms with E-state index >= 15 is 0 Å². The Hall–Kier alpha value is -2.24. The first-order valence-electron chi connectivity index (χ1n) is 6.34. The zero-order valence-corrected chi connectivity index (χ0v) is 12.9. The minimum Gasteiger partial charge on any atom is -0.421 e. The molecule has 0 aliphatic rings. The van der Waals surface area contributed by atoms with Crippen LogP contribution in [0, 0.1) is 6.92 Å². The summed E-state index contributed by atoms with van der Waals surface area (Å²) >= 11 is 12.5. The van der Waals surface area contributed by atoms with Crippen LogP contribution in [0.25, 0.3) is 16.6 Å². The lowest BCUT2D eigenvalue weighted by Crippen LogP contribution is -2.38.